The lowest BCUT2D eigenvalue weighted by Crippen LogP contribution is -2.00. The molecule has 0 amide bonds. The summed E-state index contributed by atoms with van der Waals surface area (Å²) in [6.45, 7) is 0. The van der Waals surface area contributed by atoms with Gasteiger partial charge in [-0.05, 0) is 314 Å². The highest BCUT2D eigenvalue weighted by atomic mass is 35.5. The Hall–Kier alpha value is -18.9. The molecule has 27 aromatic carbocycles. The summed E-state index contributed by atoms with van der Waals surface area (Å²) >= 11 is 7.04. The molecule has 0 radical (unpaired) electrons. The van der Waals surface area contributed by atoms with E-state index in [0.29, 0.717) is 40.0 Å². The molecule has 0 saturated heterocycles. The molecule has 2 heterocycles. The lowest BCUT2D eigenvalue weighted by molar-refractivity contribution is 1.07. The van der Waals surface area contributed by atoms with E-state index >= 15 is 0 Å². The van der Waals surface area contributed by atoms with Crippen LogP contribution in [0, 0.1) is 6.08 Å². The van der Waals surface area contributed by atoms with Crippen molar-refractivity contribution >= 4 is 146 Å². The number of rotatable bonds is 13. The SMILES string of the molecule is Clc1cc(-c2nc(-c3ccccc3)nc(-c3ccccc3)n2)cc(-c2cc3ccc4cc(C5=CC=[C+]C=C5)c5ccc6ccc7ccc2c2c7c6c5c4c32)c1.c1ccc(-c2ccc3c(c2)Cc2ccccc2-3)cc1.c1ccc(-c2nc(-c3ccccc3)nc(-c3cc(-c4ccc(-c5ccc6c(c5)Cc5ccccc5-6)cc4)cc(-c4cc5ccc6cc(-c7ccccc7)c7ccc8ccc9ccc4c4c9c8c7c6c54)c3)n2)cc1. The van der Waals surface area contributed by atoms with Crippen LogP contribution in [-0.2, 0) is 12.8 Å². The fourth-order valence-electron chi connectivity index (χ4n) is 24.3. The van der Waals surface area contributed by atoms with Gasteiger partial charge in [-0.1, -0.05) is 400 Å². The number of fused-ring (bicyclic) bond motifs is 6. The molecule has 0 spiro atoms. The van der Waals surface area contributed by atoms with Crippen LogP contribution in [0.5, 0.6) is 0 Å². The zero-order valence-electron chi connectivity index (χ0n) is 79.5. The summed E-state index contributed by atoms with van der Waals surface area (Å²) in [7, 11) is 0. The van der Waals surface area contributed by atoms with Crippen molar-refractivity contribution in [3.05, 3.63) is 512 Å². The van der Waals surface area contributed by atoms with Crippen molar-refractivity contribution in [1.29, 1.82) is 0 Å². The van der Waals surface area contributed by atoms with Crippen molar-refractivity contribution in [3.63, 3.8) is 0 Å². The van der Waals surface area contributed by atoms with Gasteiger partial charge in [0.1, 0.15) is 12.2 Å². The van der Waals surface area contributed by atoms with Crippen LogP contribution in [0.15, 0.2) is 473 Å². The quantitative estimate of drug-likeness (QED) is 0.0650. The Morgan fingerprint density at radius 2 is 0.449 bits per heavy atom. The highest BCUT2D eigenvalue weighted by Crippen LogP contribution is 2.56. The van der Waals surface area contributed by atoms with Gasteiger partial charge in [0.2, 0.25) is 0 Å². The van der Waals surface area contributed by atoms with Crippen LogP contribution >= 0.6 is 11.6 Å². The lowest BCUT2D eigenvalue weighted by atomic mass is 9.79. The van der Waals surface area contributed by atoms with E-state index in [2.05, 4.69) is 364 Å². The minimum absolute atomic E-state index is 0.573. The average molecular weight is 1880 g/mol. The highest BCUT2D eigenvalue weighted by Gasteiger charge is 2.31. The molecule has 0 unspecified atom stereocenters. The predicted molar refractivity (Wildman–Crippen MR) is 615 cm³/mol. The van der Waals surface area contributed by atoms with Crippen molar-refractivity contribution in [3.8, 4) is 157 Å². The standard InChI is InChI=1S/C70H41N3.C51H27ClN3.C19H14/c1-4-12-43(13-5-1)60-39-50-26-27-51-40-61(59-33-29-45-25-24-44-28-32-58(60)66-62(44)63(45)67(59)65(51)64(50)66)54-36-52(42-22-20-41(21-23-42)48-30-31-57-53(34-48)35-49-18-10-11-19-56(49)57)37-55(38-54)70-72-68(46-14-6-2-7-15-46)71-69(73-70)47-16-8-3-9-17-47;52-38-25-36(24-37(26-38)51-54-49(32-12-6-2-7-13-32)53-50(55-51)33-14-8-3-9-15-33)42-28-35-19-18-34-27-41(29-10-4-1-5-11-29)39-22-20-30-16-17-31-21-23-40(42)48-44(31)43(30)47(39)45(34)46(35)48;1-2-6-14(7-3-1)15-10-11-19-17(12-15)13-16-8-4-5-9-18(16)19/h1-34,36-40H,35H2;2-28H;1-12H,13H2/q;+1;. The molecule has 3 aliphatic carbocycles. The van der Waals surface area contributed by atoms with Gasteiger partial charge in [-0.25, -0.2) is 29.9 Å². The molecule has 678 valence electrons. The van der Waals surface area contributed by atoms with E-state index in [4.69, 9.17) is 41.5 Å². The maximum atomic E-state index is 7.04. The number of nitrogens with zero attached hydrogens (tertiary/aromatic N) is 6. The van der Waals surface area contributed by atoms with Gasteiger partial charge < -0.3 is 0 Å². The van der Waals surface area contributed by atoms with Gasteiger partial charge >= 0.3 is 0 Å². The van der Waals surface area contributed by atoms with Gasteiger partial charge in [0.15, 0.2) is 34.9 Å². The second-order valence-corrected chi connectivity index (χ2v) is 39.7. The van der Waals surface area contributed by atoms with Crippen molar-refractivity contribution in [2.45, 2.75) is 12.8 Å². The fraction of sp³-hybridized carbons (Fsp3) is 0.0143. The summed E-state index contributed by atoms with van der Waals surface area (Å²) in [5, 5.41) is 31.5. The second-order valence-electron chi connectivity index (χ2n) is 39.3. The Morgan fingerprint density at radius 3 is 0.844 bits per heavy atom. The summed E-state index contributed by atoms with van der Waals surface area (Å²) in [4.78, 5) is 30.6. The zero-order chi connectivity index (χ0) is 96.6. The molecule has 0 saturated carbocycles. The van der Waals surface area contributed by atoms with Gasteiger partial charge in [0.25, 0.3) is 0 Å². The predicted octanol–water partition coefficient (Wildman–Crippen LogP) is 37.0. The number of benzene rings is 27. The molecular formula is C140H82ClN6+. The molecule has 32 rings (SSSR count). The molecular weight excluding hydrogens is 1800 g/mol. The molecule has 7 heteroatoms. The monoisotopic (exact) mass is 1880 g/mol. The van der Waals surface area contributed by atoms with Gasteiger partial charge in [0, 0.05) is 50.0 Å². The lowest BCUT2D eigenvalue weighted by Gasteiger charge is -2.23. The molecule has 2 aromatic heterocycles. The van der Waals surface area contributed by atoms with Gasteiger partial charge in [0.05, 0.1) is 17.7 Å². The van der Waals surface area contributed by atoms with Crippen LogP contribution in [0.25, 0.3) is 292 Å². The Morgan fingerprint density at radius 1 is 0.177 bits per heavy atom. The van der Waals surface area contributed by atoms with E-state index in [0.717, 1.165) is 74.0 Å². The molecule has 0 bridgehead atoms. The summed E-state index contributed by atoms with van der Waals surface area (Å²) in [5.74, 6) is 3.71. The van der Waals surface area contributed by atoms with Crippen molar-refractivity contribution in [2.24, 2.45) is 0 Å². The third-order valence-corrected chi connectivity index (χ3v) is 31.2. The zero-order valence-corrected chi connectivity index (χ0v) is 80.3. The molecule has 0 fully saturated rings. The van der Waals surface area contributed by atoms with Crippen molar-refractivity contribution in [2.75, 3.05) is 0 Å². The molecule has 0 atom stereocenters. The third-order valence-electron chi connectivity index (χ3n) is 31.0. The van der Waals surface area contributed by atoms with Crippen LogP contribution in [-0.4, -0.2) is 29.9 Å². The topological polar surface area (TPSA) is 77.3 Å². The second kappa shape index (κ2) is 33.6. The number of halogens is 1. The highest BCUT2D eigenvalue weighted by molar-refractivity contribution is 6.48. The normalized spacial score (nSPS) is 12.5. The Kier molecular flexibility index (Phi) is 19.2. The first kappa shape index (κ1) is 83.8. The Balaban J connectivity index is 0.000000118. The van der Waals surface area contributed by atoms with Crippen LogP contribution in [0.4, 0.5) is 0 Å². The minimum atomic E-state index is 0.573. The van der Waals surface area contributed by atoms with E-state index in [1.165, 1.54) is 224 Å². The van der Waals surface area contributed by atoms with Crippen LogP contribution in [0.3, 0.4) is 0 Å². The van der Waals surface area contributed by atoms with E-state index in [9.17, 15) is 0 Å². The molecule has 147 heavy (non-hydrogen) atoms. The molecule has 29 aromatic rings. The van der Waals surface area contributed by atoms with Crippen LogP contribution in [0.1, 0.15) is 27.8 Å². The van der Waals surface area contributed by atoms with Gasteiger partial charge in [-0.2, -0.15) is 0 Å². The first-order valence-corrected chi connectivity index (χ1v) is 50.7. The fourth-order valence-corrected chi connectivity index (χ4v) is 24.5. The third kappa shape index (κ3) is 13.8. The summed E-state index contributed by atoms with van der Waals surface area (Å²) in [5.41, 5.74) is 33.3. The molecule has 0 N–H and O–H groups in total. The Bertz CT molecular complexity index is 10300. The molecule has 6 nitrogen and oxygen atoms in total. The Labute approximate surface area is 852 Å². The first-order chi connectivity index (χ1) is 72.7. The van der Waals surface area contributed by atoms with E-state index in [-0.39, 0.29) is 0 Å². The first-order valence-electron chi connectivity index (χ1n) is 50.3. The maximum Gasteiger partial charge on any atom is 0.164 e. The van der Waals surface area contributed by atoms with Gasteiger partial charge in [-0.15, -0.1) is 0 Å². The molecule has 3 aliphatic rings. The number of allylic oxidation sites excluding steroid dienone is 6. The number of hydrogen-bond donors (Lipinski definition) is 0. The van der Waals surface area contributed by atoms with Crippen LogP contribution in [0.2, 0.25) is 5.02 Å². The van der Waals surface area contributed by atoms with Crippen molar-refractivity contribution in [1.82, 2.24) is 29.9 Å². The average Bonchev–Trinajstić information content (AvgIpc) is 0.797. The van der Waals surface area contributed by atoms with E-state index in [1.807, 2.05) is 115 Å². The number of hydrogen-bond acceptors (Lipinski definition) is 6. The van der Waals surface area contributed by atoms with E-state index in [1.54, 1.807) is 0 Å². The summed E-state index contributed by atoms with van der Waals surface area (Å²) < 4.78 is 0. The summed E-state index contributed by atoms with van der Waals surface area (Å²) in [6.07, 6.45) is 13.6. The van der Waals surface area contributed by atoms with Gasteiger partial charge in [-0.3, -0.25) is 0 Å². The summed E-state index contributed by atoms with van der Waals surface area (Å²) in [6, 6.07) is 162. The van der Waals surface area contributed by atoms with Crippen LogP contribution < -0.4 is 0 Å². The number of aromatic nitrogens is 6. The molecule has 0 aliphatic heterocycles. The minimum Gasteiger partial charge on any atom is -0.208 e. The van der Waals surface area contributed by atoms with Crippen molar-refractivity contribution < 1.29 is 0 Å². The largest absolute Gasteiger partial charge is 0.208 e. The van der Waals surface area contributed by atoms with E-state index < -0.39 is 0 Å². The maximum absolute atomic E-state index is 7.04. The smallest absolute Gasteiger partial charge is 0.164 e.